The van der Waals surface area contributed by atoms with Crippen LogP contribution >= 0.6 is 11.6 Å². The summed E-state index contributed by atoms with van der Waals surface area (Å²) in [5.74, 6) is 0.119. The second-order valence-corrected chi connectivity index (χ2v) is 9.65. The van der Waals surface area contributed by atoms with E-state index >= 15 is 0 Å². The molecule has 4 rings (SSSR count). The van der Waals surface area contributed by atoms with Crippen LogP contribution in [-0.4, -0.2) is 24.1 Å². The lowest BCUT2D eigenvalue weighted by Crippen LogP contribution is -2.16. The van der Waals surface area contributed by atoms with Gasteiger partial charge in [0.15, 0.2) is 9.84 Å². The number of nitrogens with zero attached hydrogens (tertiary/aromatic N) is 2. The van der Waals surface area contributed by atoms with Gasteiger partial charge in [-0.05, 0) is 47.5 Å². The Morgan fingerprint density at radius 2 is 1.53 bits per heavy atom. The van der Waals surface area contributed by atoms with Crippen LogP contribution in [0.2, 0.25) is 5.02 Å². The van der Waals surface area contributed by atoms with Gasteiger partial charge in [-0.25, -0.2) is 13.1 Å². The summed E-state index contributed by atoms with van der Waals surface area (Å²) in [5.41, 5.74) is 2.03. The molecular weight excluding hydrogens is 446 g/mol. The maximum absolute atomic E-state index is 12.7. The van der Waals surface area contributed by atoms with Gasteiger partial charge >= 0.3 is 0 Å². The number of hydrogen-bond donors (Lipinski definition) is 1. The molecule has 6 nitrogen and oxygen atoms in total. The molecule has 0 saturated carbocycles. The number of sulfone groups is 1. The minimum atomic E-state index is -3.45. The predicted molar refractivity (Wildman–Crippen MR) is 125 cm³/mol. The molecule has 32 heavy (non-hydrogen) atoms. The monoisotopic (exact) mass is 465 g/mol. The van der Waals surface area contributed by atoms with Crippen molar-refractivity contribution in [1.82, 2.24) is 9.78 Å². The summed E-state index contributed by atoms with van der Waals surface area (Å²) in [4.78, 5) is 13.0. The topological polar surface area (TPSA) is 81.1 Å². The molecular formula is C24H20ClN3O3S. The van der Waals surface area contributed by atoms with Crippen molar-refractivity contribution in [2.24, 2.45) is 0 Å². The van der Waals surface area contributed by atoms with Gasteiger partial charge in [0.2, 0.25) is 0 Å². The van der Waals surface area contributed by atoms with Gasteiger partial charge in [-0.3, -0.25) is 4.79 Å². The quantitative estimate of drug-likeness (QED) is 0.424. The van der Waals surface area contributed by atoms with E-state index in [0.29, 0.717) is 28.5 Å². The molecule has 0 aliphatic rings. The molecule has 0 saturated heterocycles. The second kappa shape index (κ2) is 9.38. The third-order valence-corrected chi connectivity index (χ3v) is 6.83. The molecule has 8 heteroatoms. The van der Waals surface area contributed by atoms with Gasteiger partial charge in [-0.15, -0.1) is 0 Å². The van der Waals surface area contributed by atoms with E-state index in [4.69, 9.17) is 11.6 Å². The van der Waals surface area contributed by atoms with Crippen LogP contribution in [0, 0.1) is 0 Å². The average molecular weight is 466 g/mol. The molecule has 0 bridgehead atoms. The first-order chi connectivity index (χ1) is 15.4. The molecule has 4 aromatic rings. The van der Waals surface area contributed by atoms with Gasteiger partial charge < -0.3 is 5.32 Å². The minimum Gasteiger partial charge on any atom is -0.307 e. The Hall–Kier alpha value is -3.42. The number of carbonyl (C=O) groups excluding carboxylic acids is 1. The molecule has 1 N–H and O–H groups in total. The largest absolute Gasteiger partial charge is 0.307 e. The van der Waals surface area contributed by atoms with E-state index in [2.05, 4.69) is 10.4 Å². The van der Waals surface area contributed by atoms with Crippen molar-refractivity contribution in [3.8, 4) is 0 Å². The lowest BCUT2D eigenvalue weighted by molar-refractivity contribution is 0.102. The molecule has 1 amide bonds. The maximum atomic E-state index is 12.7. The van der Waals surface area contributed by atoms with Crippen LogP contribution in [0.3, 0.4) is 0 Å². The standard InChI is InChI=1S/C24H20ClN3O3S/c25-21-12-8-18(9-13-21)16-28-23(14-15-26-28)27-24(29)20-10-6-19(7-11-20)17-32(30,31)22-4-2-1-3-5-22/h1-15H,16-17H2,(H,27,29). The number of halogens is 1. The lowest BCUT2D eigenvalue weighted by Gasteiger charge is -2.10. The fraction of sp³-hybridized carbons (Fsp3) is 0.0833. The molecule has 1 heterocycles. The first-order valence-corrected chi connectivity index (χ1v) is 11.9. The zero-order valence-electron chi connectivity index (χ0n) is 17.0. The summed E-state index contributed by atoms with van der Waals surface area (Å²) < 4.78 is 26.8. The number of nitrogens with one attached hydrogen (secondary N) is 1. The highest BCUT2D eigenvalue weighted by Gasteiger charge is 2.16. The van der Waals surface area contributed by atoms with Crippen LogP contribution in [0.15, 0.2) is 96.0 Å². The Labute approximate surface area is 191 Å². The Morgan fingerprint density at radius 3 is 2.22 bits per heavy atom. The summed E-state index contributed by atoms with van der Waals surface area (Å²) in [6.45, 7) is 0.482. The zero-order valence-corrected chi connectivity index (χ0v) is 18.6. The van der Waals surface area contributed by atoms with Crippen LogP contribution in [0.25, 0.3) is 0 Å². The number of rotatable bonds is 7. The molecule has 0 radical (unpaired) electrons. The first-order valence-electron chi connectivity index (χ1n) is 9.85. The van der Waals surface area contributed by atoms with E-state index in [9.17, 15) is 13.2 Å². The van der Waals surface area contributed by atoms with E-state index < -0.39 is 9.84 Å². The number of amides is 1. The number of hydrogen-bond acceptors (Lipinski definition) is 4. The molecule has 0 spiro atoms. The Bertz CT molecular complexity index is 1320. The molecule has 0 aliphatic carbocycles. The van der Waals surface area contributed by atoms with E-state index in [1.165, 1.54) is 0 Å². The summed E-state index contributed by atoms with van der Waals surface area (Å²) in [5, 5.41) is 7.77. The van der Waals surface area contributed by atoms with Crippen LogP contribution in [0.4, 0.5) is 5.82 Å². The molecule has 0 aliphatic heterocycles. The van der Waals surface area contributed by atoms with Crippen molar-refractivity contribution in [2.45, 2.75) is 17.2 Å². The van der Waals surface area contributed by atoms with Crippen LogP contribution in [-0.2, 0) is 22.1 Å². The highest BCUT2D eigenvalue weighted by molar-refractivity contribution is 7.90. The number of anilines is 1. The summed E-state index contributed by atoms with van der Waals surface area (Å²) in [7, 11) is -3.45. The van der Waals surface area contributed by atoms with Crippen molar-refractivity contribution >= 4 is 33.2 Å². The van der Waals surface area contributed by atoms with Gasteiger partial charge in [-0.1, -0.05) is 54.1 Å². The van der Waals surface area contributed by atoms with E-state index in [-0.39, 0.29) is 16.6 Å². The van der Waals surface area contributed by atoms with E-state index in [1.807, 2.05) is 12.1 Å². The third kappa shape index (κ3) is 5.25. The number of aromatic nitrogens is 2. The predicted octanol–water partition coefficient (Wildman–Crippen LogP) is 4.81. The summed E-state index contributed by atoms with van der Waals surface area (Å²) in [6, 6.07) is 24.0. The smallest absolute Gasteiger partial charge is 0.256 e. The normalized spacial score (nSPS) is 11.3. The van der Waals surface area contributed by atoms with Gasteiger partial charge in [-0.2, -0.15) is 5.10 Å². The molecule has 0 atom stereocenters. The third-order valence-electron chi connectivity index (χ3n) is 4.88. The van der Waals surface area contributed by atoms with Crippen LogP contribution < -0.4 is 5.32 Å². The fourth-order valence-electron chi connectivity index (χ4n) is 3.20. The van der Waals surface area contributed by atoms with Crippen molar-refractivity contribution in [2.75, 3.05) is 5.32 Å². The van der Waals surface area contributed by atoms with E-state index in [1.54, 1.807) is 83.7 Å². The number of carbonyl (C=O) groups is 1. The highest BCUT2D eigenvalue weighted by Crippen LogP contribution is 2.18. The summed E-state index contributed by atoms with van der Waals surface area (Å²) >= 11 is 5.93. The van der Waals surface area contributed by atoms with Crippen molar-refractivity contribution in [3.05, 3.63) is 113 Å². The van der Waals surface area contributed by atoms with Crippen molar-refractivity contribution in [1.29, 1.82) is 0 Å². The Kier molecular flexibility index (Phi) is 6.39. The van der Waals surface area contributed by atoms with Gasteiger partial charge in [0, 0.05) is 16.7 Å². The first kappa shape index (κ1) is 21.8. The molecule has 1 aromatic heterocycles. The van der Waals surface area contributed by atoms with Crippen molar-refractivity contribution < 1.29 is 13.2 Å². The maximum Gasteiger partial charge on any atom is 0.256 e. The van der Waals surface area contributed by atoms with Gasteiger partial charge in [0.25, 0.3) is 5.91 Å². The molecule has 3 aromatic carbocycles. The lowest BCUT2D eigenvalue weighted by atomic mass is 10.1. The average Bonchev–Trinajstić information content (AvgIpc) is 3.22. The Morgan fingerprint density at radius 1 is 0.875 bits per heavy atom. The van der Waals surface area contributed by atoms with Gasteiger partial charge in [0.1, 0.15) is 5.82 Å². The Balaban J connectivity index is 1.43. The zero-order chi connectivity index (χ0) is 22.6. The SMILES string of the molecule is O=C(Nc1ccnn1Cc1ccc(Cl)cc1)c1ccc(CS(=O)(=O)c2ccccc2)cc1. The molecule has 0 unspecified atom stereocenters. The molecule has 0 fully saturated rings. The molecule has 162 valence electrons. The fourth-order valence-corrected chi connectivity index (χ4v) is 4.69. The highest BCUT2D eigenvalue weighted by atomic mass is 35.5. The van der Waals surface area contributed by atoms with Crippen LogP contribution in [0.5, 0.6) is 0 Å². The number of benzene rings is 3. The minimum absolute atomic E-state index is 0.132. The van der Waals surface area contributed by atoms with Crippen molar-refractivity contribution in [3.63, 3.8) is 0 Å². The van der Waals surface area contributed by atoms with E-state index in [0.717, 1.165) is 5.56 Å². The van der Waals surface area contributed by atoms with Crippen LogP contribution in [0.1, 0.15) is 21.5 Å². The second-order valence-electron chi connectivity index (χ2n) is 7.22. The van der Waals surface area contributed by atoms with Gasteiger partial charge in [0.05, 0.1) is 23.4 Å². The summed E-state index contributed by atoms with van der Waals surface area (Å²) in [6.07, 6.45) is 1.61.